The van der Waals surface area contributed by atoms with E-state index in [-0.39, 0.29) is 25.0 Å². The molecule has 0 spiro atoms. The Kier molecular flexibility index (Phi) is 3.95. The van der Waals surface area contributed by atoms with Gasteiger partial charge < -0.3 is 15.3 Å². The number of alkyl halides is 3. The average Bonchev–Trinajstić information content (AvgIpc) is 3.05. The molecule has 2 amide bonds. The topological polar surface area (TPSA) is 69.6 Å². The summed E-state index contributed by atoms with van der Waals surface area (Å²) >= 11 is 0. The first-order chi connectivity index (χ1) is 9.25. The summed E-state index contributed by atoms with van der Waals surface area (Å²) in [6.45, 7) is -1.21. The zero-order valence-electron chi connectivity index (χ0n) is 10.9. The highest BCUT2D eigenvalue weighted by Crippen LogP contribution is 2.44. The quantitative estimate of drug-likeness (QED) is 0.765. The summed E-state index contributed by atoms with van der Waals surface area (Å²) in [5.41, 5.74) is -0.260. The maximum absolute atomic E-state index is 12.2. The molecular weight excluding hydrogens is 277 g/mol. The van der Waals surface area contributed by atoms with E-state index in [9.17, 15) is 22.8 Å². The third-order valence-electron chi connectivity index (χ3n) is 3.89. The van der Waals surface area contributed by atoms with E-state index in [4.69, 9.17) is 5.11 Å². The Morgan fingerprint density at radius 2 is 2.10 bits per heavy atom. The van der Waals surface area contributed by atoms with Crippen LogP contribution in [0.25, 0.3) is 0 Å². The van der Waals surface area contributed by atoms with Crippen LogP contribution >= 0.6 is 0 Å². The lowest BCUT2D eigenvalue weighted by Gasteiger charge is -2.19. The number of hydrogen-bond acceptors (Lipinski definition) is 3. The summed E-state index contributed by atoms with van der Waals surface area (Å²) in [6.07, 6.45) is -2.98. The van der Waals surface area contributed by atoms with Gasteiger partial charge in [0.1, 0.15) is 6.54 Å². The van der Waals surface area contributed by atoms with Crippen LogP contribution in [0.2, 0.25) is 0 Å². The summed E-state index contributed by atoms with van der Waals surface area (Å²) in [7, 11) is 0. The predicted octanol–water partition coefficient (Wildman–Crippen LogP) is 0.286. The number of carbonyl (C=O) groups excluding carboxylic acids is 2. The molecule has 1 heterocycles. The number of hydrogen-bond donors (Lipinski definition) is 2. The van der Waals surface area contributed by atoms with Crippen molar-refractivity contribution in [3.8, 4) is 0 Å². The lowest BCUT2D eigenvalue weighted by Crippen LogP contribution is -2.39. The lowest BCUT2D eigenvalue weighted by atomic mass is 10.1. The number of carbonyl (C=O) groups is 2. The fraction of sp³-hybridized carbons (Fsp3) is 0.833. The number of likely N-dealkylation sites (tertiary alicyclic amines) is 1. The largest absolute Gasteiger partial charge is 0.406 e. The van der Waals surface area contributed by atoms with Crippen LogP contribution < -0.4 is 5.32 Å². The molecule has 2 fully saturated rings. The Bertz CT molecular complexity index is 407. The minimum absolute atomic E-state index is 0.0168. The maximum Gasteiger partial charge on any atom is 0.406 e. The van der Waals surface area contributed by atoms with Crippen molar-refractivity contribution in [1.82, 2.24) is 10.2 Å². The van der Waals surface area contributed by atoms with Crippen LogP contribution in [-0.2, 0) is 9.59 Å². The molecule has 2 aliphatic rings. The highest BCUT2D eigenvalue weighted by molar-refractivity contribution is 5.89. The van der Waals surface area contributed by atoms with Crippen LogP contribution in [0, 0.1) is 11.3 Å². The van der Waals surface area contributed by atoms with Gasteiger partial charge in [-0.05, 0) is 12.8 Å². The number of nitrogens with zero attached hydrogens (tertiary/aromatic N) is 1. The van der Waals surface area contributed by atoms with Crippen LogP contribution in [0.4, 0.5) is 13.2 Å². The van der Waals surface area contributed by atoms with Gasteiger partial charge in [-0.25, -0.2) is 0 Å². The van der Waals surface area contributed by atoms with Crippen molar-refractivity contribution in [2.24, 2.45) is 11.3 Å². The Balaban J connectivity index is 1.82. The molecule has 114 valence electrons. The standard InChI is InChI=1S/C12H17F3N2O3/c13-12(14,15)6-17-4-8(3-9(17)19)10(20)16-5-11(7-18)1-2-11/h8,18H,1-7H2,(H,16,20). The molecule has 0 bridgehead atoms. The molecule has 1 saturated heterocycles. The van der Waals surface area contributed by atoms with Gasteiger partial charge in [-0.2, -0.15) is 13.2 Å². The van der Waals surface area contributed by atoms with Crippen LogP contribution in [-0.4, -0.2) is 54.2 Å². The molecule has 0 radical (unpaired) electrons. The van der Waals surface area contributed by atoms with Crippen molar-refractivity contribution in [3.63, 3.8) is 0 Å². The Morgan fingerprint density at radius 3 is 2.60 bits per heavy atom. The molecule has 1 saturated carbocycles. The molecule has 2 rings (SSSR count). The van der Waals surface area contributed by atoms with Crippen LogP contribution in [0.1, 0.15) is 19.3 Å². The minimum atomic E-state index is -4.45. The van der Waals surface area contributed by atoms with Gasteiger partial charge >= 0.3 is 6.18 Å². The van der Waals surface area contributed by atoms with E-state index in [1.807, 2.05) is 0 Å². The number of amides is 2. The van der Waals surface area contributed by atoms with Gasteiger partial charge in [-0.3, -0.25) is 9.59 Å². The summed E-state index contributed by atoms with van der Waals surface area (Å²) in [5, 5.41) is 11.7. The summed E-state index contributed by atoms with van der Waals surface area (Å²) in [4.78, 5) is 24.0. The van der Waals surface area contributed by atoms with E-state index in [0.717, 1.165) is 12.8 Å². The van der Waals surface area contributed by atoms with E-state index in [0.29, 0.717) is 11.4 Å². The predicted molar refractivity (Wildman–Crippen MR) is 62.5 cm³/mol. The van der Waals surface area contributed by atoms with Gasteiger partial charge in [0.25, 0.3) is 0 Å². The second-order valence-corrected chi connectivity index (χ2v) is 5.67. The van der Waals surface area contributed by atoms with Gasteiger partial charge in [-0.1, -0.05) is 0 Å². The summed E-state index contributed by atoms with van der Waals surface area (Å²) < 4.78 is 36.7. The van der Waals surface area contributed by atoms with E-state index in [1.165, 1.54) is 0 Å². The molecule has 5 nitrogen and oxygen atoms in total. The molecule has 20 heavy (non-hydrogen) atoms. The van der Waals surface area contributed by atoms with Crippen molar-refractivity contribution < 1.29 is 27.9 Å². The van der Waals surface area contributed by atoms with Crippen molar-refractivity contribution in [3.05, 3.63) is 0 Å². The van der Waals surface area contributed by atoms with Crippen molar-refractivity contribution in [2.45, 2.75) is 25.4 Å². The highest BCUT2D eigenvalue weighted by Gasteiger charge is 2.44. The second kappa shape index (κ2) is 5.23. The summed E-state index contributed by atoms with van der Waals surface area (Å²) in [6, 6.07) is 0. The number of nitrogens with one attached hydrogen (secondary N) is 1. The zero-order chi connectivity index (χ0) is 15.0. The zero-order valence-corrected chi connectivity index (χ0v) is 10.9. The first-order valence-electron chi connectivity index (χ1n) is 6.48. The molecule has 1 atom stereocenters. The van der Waals surface area contributed by atoms with E-state index in [1.54, 1.807) is 0 Å². The fourth-order valence-electron chi connectivity index (χ4n) is 2.30. The van der Waals surface area contributed by atoms with Crippen LogP contribution in [0.5, 0.6) is 0 Å². The van der Waals surface area contributed by atoms with Crippen molar-refractivity contribution in [1.29, 1.82) is 0 Å². The van der Waals surface area contributed by atoms with E-state index >= 15 is 0 Å². The number of rotatable bonds is 5. The Hall–Kier alpha value is -1.31. The third kappa shape index (κ3) is 3.62. The average molecular weight is 294 g/mol. The maximum atomic E-state index is 12.2. The van der Waals surface area contributed by atoms with Crippen LogP contribution in [0.3, 0.4) is 0 Å². The lowest BCUT2D eigenvalue weighted by molar-refractivity contribution is -0.157. The molecule has 0 aromatic carbocycles. The van der Waals surface area contributed by atoms with Crippen molar-refractivity contribution in [2.75, 3.05) is 26.2 Å². The fourth-order valence-corrected chi connectivity index (χ4v) is 2.30. The minimum Gasteiger partial charge on any atom is -0.396 e. The first-order valence-corrected chi connectivity index (χ1v) is 6.48. The second-order valence-electron chi connectivity index (χ2n) is 5.67. The van der Waals surface area contributed by atoms with Crippen molar-refractivity contribution >= 4 is 11.8 Å². The number of aliphatic hydroxyl groups is 1. The molecule has 1 unspecified atom stereocenters. The highest BCUT2D eigenvalue weighted by atomic mass is 19.4. The molecule has 1 aliphatic heterocycles. The molecular formula is C12H17F3N2O3. The third-order valence-corrected chi connectivity index (χ3v) is 3.89. The van der Waals surface area contributed by atoms with E-state index in [2.05, 4.69) is 5.32 Å². The van der Waals surface area contributed by atoms with E-state index < -0.39 is 30.5 Å². The SMILES string of the molecule is O=C(NCC1(CO)CC1)C1CC(=O)N(CC(F)(F)F)C1. The Morgan fingerprint density at radius 1 is 1.45 bits per heavy atom. The molecule has 8 heteroatoms. The van der Waals surface area contributed by atoms with Gasteiger partial charge in [-0.15, -0.1) is 0 Å². The number of aliphatic hydroxyl groups excluding tert-OH is 1. The van der Waals surface area contributed by atoms with Gasteiger partial charge in [0, 0.05) is 24.9 Å². The smallest absolute Gasteiger partial charge is 0.396 e. The molecule has 1 aliphatic carbocycles. The Labute approximate surface area is 114 Å². The first kappa shape index (κ1) is 15.1. The molecule has 2 N–H and O–H groups in total. The van der Waals surface area contributed by atoms with Gasteiger partial charge in [0.05, 0.1) is 12.5 Å². The number of halogens is 3. The van der Waals surface area contributed by atoms with Gasteiger partial charge in [0.15, 0.2) is 0 Å². The summed E-state index contributed by atoms with van der Waals surface area (Å²) in [5.74, 6) is -1.80. The van der Waals surface area contributed by atoms with Crippen LogP contribution in [0.15, 0.2) is 0 Å². The van der Waals surface area contributed by atoms with Gasteiger partial charge in [0.2, 0.25) is 11.8 Å². The molecule has 0 aromatic rings. The normalized spacial score (nSPS) is 24.9. The monoisotopic (exact) mass is 294 g/mol. The molecule has 0 aromatic heterocycles.